The third kappa shape index (κ3) is 2.16. The van der Waals surface area contributed by atoms with Crippen molar-refractivity contribution in [1.29, 1.82) is 0 Å². The van der Waals surface area contributed by atoms with Crippen LogP contribution in [0.3, 0.4) is 0 Å². The van der Waals surface area contributed by atoms with Crippen molar-refractivity contribution in [3.63, 3.8) is 0 Å². The maximum atomic E-state index is 9.52. The predicted octanol–water partition coefficient (Wildman–Crippen LogP) is 4.67. The first-order chi connectivity index (χ1) is 7.58. The van der Waals surface area contributed by atoms with Gasteiger partial charge in [0.1, 0.15) is 5.75 Å². The van der Waals surface area contributed by atoms with E-state index in [9.17, 15) is 5.11 Å². The average Bonchev–Trinajstić information content (AvgIpc) is 2.26. The van der Waals surface area contributed by atoms with Crippen LogP contribution in [-0.2, 0) is 0 Å². The lowest BCUT2D eigenvalue weighted by atomic mass is 10.0. The van der Waals surface area contributed by atoms with Crippen molar-refractivity contribution in [3.05, 3.63) is 52.0 Å². The molecule has 2 rings (SSSR count). The van der Waals surface area contributed by atoms with Gasteiger partial charge in [-0.1, -0.05) is 41.4 Å². The van der Waals surface area contributed by atoms with Crippen LogP contribution in [0, 0.1) is 6.92 Å². The van der Waals surface area contributed by atoms with Gasteiger partial charge >= 0.3 is 0 Å². The molecule has 0 saturated heterocycles. The molecule has 0 aromatic heterocycles. The minimum absolute atomic E-state index is 0.0795. The summed E-state index contributed by atoms with van der Waals surface area (Å²) in [6.45, 7) is 1.95. The molecule has 0 spiro atoms. The number of phenolic OH excluding ortho intramolecular Hbond substituents is 1. The standard InChI is InChI=1S/C13H10Cl2O/c1-8-2-3-9(6-12(8)15)10-4-5-11(14)13(16)7-10/h2-7,16H,1H3. The topological polar surface area (TPSA) is 20.2 Å². The smallest absolute Gasteiger partial charge is 0.134 e. The molecule has 0 saturated carbocycles. The van der Waals surface area contributed by atoms with E-state index in [-0.39, 0.29) is 5.75 Å². The summed E-state index contributed by atoms with van der Waals surface area (Å²) in [6, 6.07) is 10.9. The fraction of sp³-hybridized carbons (Fsp3) is 0.0769. The minimum atomic E-state index is 0.0795. The number of hydrogen-bond donors (Lipinski definition) is 1. The number of rotatable bonds is 1. The van der Waals surface area contributed by atoms with E-state index >= 15 is 0 Å². The molecule has 2 aromatic carbocycles. The summed E-state index contributed by atoms with van der Waals surface area (Å²) in [5.74, 6) is 0.0795. The number of halogens is 2. The fourth-order valence-corrected chi connectivity index (χ4v) is 1.76. The SMILES string of the molecule is Cc1ccc(-c2ccc(Cl)c(O)c2)cc1Cl. The van der Waals surface area contributed by atoms with Crippen molar-refractivity contribution < 1.29 is 5.11 Å². The van der Waals surface area contributed by atoms with Gasteiger partial charge in [0, 0.05) is 5.02 Å². The van der Waals surface area contributed by atoms with E-state index in [0.29, 0.717) is 10.0 Å². The van der Waals surface area contributed by atoms with E-state index in [1.54, 1.807) is 12.1 Å². The Hall–Kier alpha value is -1.18. The highest BCUT2D eigenvalue weighted by molar-refractivity contribution is 6.32. The van der Waals surface area contributed by atoms with E-state index in [4.69, 9.17) is 23.2 Å². The molecule has 0 atom stereocenters. The fourth-order valence-electron chi connectivity index (χ4n) is 1.46. The van der Waals surface area contributed by atoms with Gasteiger partial charge in [-0.05, 0) is 41.8 Å². The lowest BCUT2D eigenvalue weighted by molar-refractivity contribution is 0.476. The molecule has 0 amide bonds. The van der Waals surface area contributed by atoms with Crippen LogP contribution in [0.2, 0.25) is 10.0 Å². The molecular formula is C13H10Cl2O. The van der Waals surface area contributed by atoms with Gasteiger partial charge < -0.3 is 5.11 Å². The van der Waals surface area contributed by atoms with Crippen molar-refractivity contribution in [2.24, 2.45) is 0 Å². The summed E-state index contributed by atoms with van der Waals surface area (Å²) >= 11 is 11.8. The monoisotopic (exact) mass is 252 g/mol. The summed E-state index contributed by atoms with van der Waals surface area (Å²) in [6.07, 6.45) is 0. The lowest BCUT2D eigenvalue weighted by Crippen LogP contribution is -1.81. The number of aryl methyl sites for hydroxylation is 1. The third-order valence-corrected chi connectivity index (χ3v) is 3.18. The van der Waals surface area contributed by atoms with Crippen LogP contribution >= 0.6 is 23.2 Å². The Bertz CT molecular complexity index is 486. The normalized spacial score (nSPS) is 10.4. The second kappa shape index (κ2) is 4.36. The van der Waals surface area contributed by atoms with Crippen LogP contribution in [0.15, 0.2) is 36.4 Å². The quantitative estimate of drug-likeness (QED) is 0.782. The van der Waals surface area contributed by atoms with Crippen LogP contribution in [0.4, 0.5) is 0 Å². The molecule has 0 bridgehead atoms. The van der Waals surface area contributed by atoms with E-state index in [2.05, 4.69) is 0 Å². The second-order valence-electron chi connectivity index (χ2n) is 3.63. The molecule has 0 aliphatic rings. The van der Waals surface area contributed by atoms with Gasteiger partial charge in [-0.25, -0.2) is 0 Å². The summed E-state index contributed by atoms with van der Waals surface area (Å²) in [7, 11) is 0. The average molecular weight is 253 g/mol. The number of phenols is 1. The summed E-state index contributed by atoms with van der Waals surface area (Å²) in [5, 5.41) is 10.6. The number of aromatic hydroxyl groups is 1. The van der Waals surface area contributed by atoms with Crippen LogP contribution < -0.4 is 0 Å². The molecule has 0 heterocycles. The summed E-state index contributed by atoms with van der Waals surface area (Å²) < 4.78 is 0. The lowest BCUT2D eigenvalue weighted by Gasteiger charge is -2.05. The van der Waals surface area contributed by atoms with E-state index < -0.39 is 0 Å². The molecule has 0 unspecified atom stereocenters. The highest BCUT2D eigenvalue weighted by Crippen LogP contribution is 2.31. The minimum Gasteiger partial charge on any atom is -0.506 e. The Morgan fingerprint density at radius 2 is 1.50 bits per heavy atom. The first kappa shape index (κ1) is 11.3. The molecule has 16 heavy (non-hydrogen) atoms. The van der Waals surface area contributed by atoms with Crippen LogP contribution in [0.25, 0.3) is 11.1 Å². The molecule has 3 heteroatoms. The highest BCUT2D eigenvalue weighted by atomic mass is 35.5. The largest absolute Gasteiger partial charge is 0.506 e. The van der Waals surface area contributed by atoms with Gasteiger partial charge in [-0.3, -0.25) is 0 Å². The molecule has 0 fully saturated rings. The summed E-state index contributed by atoms with van der Waals surface area (Å²) in [5.41, 5.74) is 2.88. The van der Waals surface area contributed by atoms with Crippen molar-refractivity contribution in [1.82, 2.24) is 0 Å². The zero-order valence-corrected chi connectivity index (χ0v) is 10.2. The van der Waals surface area contributed by atoms with Gasteiger partial charge in [-0.15, -0.1) is 0 Å². The Balaban J connectivity index is 2.50. The Morgan fingerprint density at radius 3 is 2.12 bits per heavy atom. The van der Waals surface area contributed by atoms with Gasteiger partial charge in [-0.2, -0.15) is 0 Å². The Labute approximate surface area is 104 Å². The molecule has 0 aliphatic heterocycles. The molecule has 2 aromatic rings. The predicted molar refractivity (Wildman–Crippen MR) is 68.3 cm³/mol. The molecule has 0 radical (unpaired) electrons. The second-order valence-corrected chi connectivity index (χ2v) is 4.44. The zero-order valence-electron chi connectivity index (χ0n) is 8.67. The van der Waals surface area contributed by atoms with Crippen molar-refractivity contribution >= 4 is 23.2 Å². The first-order valence-corrected chi connectivity index (χ1v) is 5.58. The maximum absolute atomic E-state index is 9.52. The van der Waals surface area contributed by atoms with Crippen molar-refractivity contribution in [2.45, 2.75) is 6.92 Å². The van der Waals surface area contributed by atoms with Crippen molar-refractivity contribution in [3.8, 4) is 16.9 Å². The van der Waals surface area contributed by atoms with Gasteiger partial charge in [0.2, 0.25) is 0 Å². The Morgan fingerprint density at radius 1 is 0.875 bits per heavy atom. The third-order valence-electron chi connectivity index (χ3n) is 2.45. The Kier molecular flexibility index (Phi) is 3.08. The first-order valence-electron chi connectivity index (χ1n) is 4.83. The van der Waals surface area contributed by atoms with Gasteiger partial charge in [0.05, 0.1) is 5.02 Å². The van der Waals surface area contributed by atoms with Crippen molar-refractivity contribution in [2.75, 3.05) is 0 Å². The molecule has 1 nitrogen and oxygen atoms in total. The highest BCUT2D eigenvalue weighted by Gasteiger charge is 2.04. The van der Waals surface area contributed by atoms with E-state index in [0.717, 1.165) is 16.7 Å². The summed E-state index contributed by atoms with van der Waals surface area (Å²) in [4.78, 5) is 0. The van der Waals surface area contributed by atoms with Crippen LogP contribution in [0.5, 0.6) is 5.75 Å². The number of hydrogen-bond acceptors (Lipinski definition) is 1. The molecule has 1 N–H and O–H groups in total. The van der Waals surface area contributed by atoms with Crippen LogP contribution in [-0.4, -0.2) is 5.11 Å². The number of benzene rings is 2. The molecule has 82 valence electrons. The van der Waals surface area contributed by atoms with Gasteiger partial charge in [0.15, 0.2) is 0 Å². The van der Waals surface area contributed by atoms with Crippen LogP contribution in [0.1, 0.15) is 5.56 Å². The van der Waals surface area contributed by atoms with E-state index in [1.165, 1.54) is 0 Å². The molecular weight excluding hydrogens is 243 g/mol. The maximum Gasteiger partial charge on any atom is 0.134 e. The van der Waals surface area contributed by atoms with E-state index in [1.807, 2.05) is 31.2 Å². The van der Waals surface area contributed by atoms with Gasteiger partial charge in [0.25, 0.3) is 0 Å². The molecule has 0 aliphatic carbocycles. The zero-order chi connectivity index (χ0) is 11.7.